The molecule has 1 aromatic rings. The smallest absolute Gasteiger partial charge is 0.138 e. The lowest BCUT2D eigenvalue weighted by Gasteiger charge is -2.09. The topological polar surface area (TPSA) is 21.3 Å². The second-order valence-electron chi connectivity index (χ2n) is 4.64. The van der Waals surface area contributed by atoms with E-state index in [1.807, 2.05) is 6.07 Å². The number of aryl methyl sites for hydroxylation is 1. The van der Waals surface area contributed by atoms with E-state index < -0.39 is 0 Å². The van der Waals surface area contributed by atoms with E-state index in [1.165, 1.54) is 19.3 Å². The molecule has 2 nitrogen and oxygen atoms in total. The quantitative estimate of drug-likeness (QED) is 0.667. The predicted molar refractivity (Wildman–Crippen MR) is 83.7 cm³/mol. The van der Waals surface area contributed by atoms with Gasteiger partial charge in [0, 0.05) is 11.1 Å². The molecule has 0 saturated carbocycles. The van der Waals surface area contributed by atoms with Crippen LogP contribution >= 0.6 is 23.2 Å². The molecule has 0 radical (unpaired) electrons. The van der Waals surface area contributed by atoms with Gasteiger partial charge in [0.05, 0.1) is 12.1 Å². The first-order valence-electron chi connectivity index (χ1n) is 6.91. The van der Waals surface area contributed by atoms with Crippen LogP contribution in [0.3, 0.4) is 0 Å². The van der Waals surface area contributed by atoms with Gasteiger partial charge in [-0.05, 0) is 50.4 Å². The minimum Gasteiger partial charge on any atom is -0.495 e. The molecule has 0 amide bonds. The van der Waals surface area contributed by atoms with Crippen molar-refractivity contribution < 1.29 is 4.74 Å². The number of rotatable bonds is 9. The van der Waals surface area contributed by atoms with Crippen LogP contribution < -0.4 is 10.1 Å². The van der Waals surface area contributed by atoms with E-state index in [1.54, 1.807) is 13.2 Å². The second kappa shape index (κ2) is 9.46. The van der Waals surface area contributed by atoms with E-state index >= 15 is 0 Å². The number of unbranched alkanes of at least 4 members (excludes halogenated alkanes) is 2. The van der Waals surface area contributed by atoms with E-state index in [4.69, 9.17) is 27.9 Å². The minimum absolute atomic E-state index is 0.631. The van der Waals surface area contributed by atoms with Crippen LogP contribution in [0.5, 0.6) is 5.75 Å². The van der Waals surface area contributed by atoms with Gasteiger partial charge in [-0.2, -0.15) is 0 Å². The molecule has 0 aliphatic carbocycles. The second-order valence-corrected chi connectivity index (χ2v) is 5.45. The van der Waals surface area contributed by atoms with Gasteiger partial charge in [0.25, 0.3) is 0 Å². The molecule has 1 N–H and O–H groups in total. The van der Waals surface area contributed by atoms with Crippen LogP contribution in [0.15, 0.2) is 12.1 Å². The molecule has 0 atom stereocenters. The molecule has 1 rings (SSSR count). The van der Waals surface area contributed by atoms with Gasteiger partial charge in [-0.1, -0.05) is 36.5 Å². The molecule has 0 saturated heterocycles. The van der Waals surface area contributed by atoms with E-state index in [9.17, 15) is 0 Å². The van der Waals surface area contributed by atoms with Gasteiger partial charge >= 0.3 is 0 Å². The van der Waals surface area contributed by atoms with Crippen molar-refractivity contribution in [2.75, 3.05) is 20.2 Å². The fraction of sp³-hybridized carbons (Fsp3) is 0.600. The lowest BCUT2D eigenvalue weighted by molar-refractivity contribution is 0.415. The number of hydrogen-bond donors (Lipinski definition) is 1. The van der Waals surface area contributed by atoms with Crippen molar-refractivity contribution in [3.63, 3.8) is 0 Å². The maximum Gasteiger partial charge on any atom is 0.138 e. The van der Waals surface area contributed by atoms with Gasteiger partial charge in [-0.3, -0.25) is 0 Å². The Morgan fingerprint density at radius 1 is 1.05 bits per heavy atom. The Balaban J connectivity index is 2.31. The van der Waals surface area contributed by atoms with Crippen LogP contribution in [-0.2, 0) is 6.42 Å². The van der Waals surface area contributed by atoms with Crippen molar-refractivity contribution in [3.8, 4) is 5.75 Å². The Morgan fingerprint density at radius 3 is 2.53 bits per heavy atom. The fourth-order valence-corrected chi connectivity index (χ4v) is 2.47. The highest BCUT2D eigenvalue weighted by Gasteiger charge is 2.07. The lowest BCUT2D eigenvalue weighted by Crippen LogP contribution is -2.15. The van der Waals surface area contributed by atoms with Crippen LogP contribution in [0.1, 0.15) is 38.2 Å². The molecule has 0 bridgehead atoms. The number of benzene rings is 1. The standard InChI is InChI=1S/C15H23Cl2NO/c1-3-8-18-9-6-4-5-7-12-10-14(17)15(19-2)11-13(12)16/h10-11,18H,3-9H2,1-2H3. The molecule has 0 aliphatic rings. The third-order valence-corrected chi connectivity index (χ3v) is 3.69. The fourth-order valence-electron chi connectivity index (χ4n) is 1.96. The number of hydrogen-bond acceptors (Lipinski definition) is 2. The summed E-state index contributed by atoms with van der Waals surface area (Å²) in [5.41, 5.74) is 1.11. The third-order valence-electron chi connectivity index (χ3n) is 3.05. The molecular formula is C15H23Cl2NO. The Hall–Kier alpha value is -0.440. The summed E-state index contributed by atoms with van der Waals surface area (Å²) in [6.45, 7) is 4.40. The summed E-state index contributed by atoms with van der Waals surface area (Å²) in [4.78, 5) is 0. The largest absolute Gasteiger partial charge is 0.495 e. The van der Waals surface area contributed by atoms with Crippen LogP contribution in [0.25, 0.3) is 0 Å². The number of ether oxygens (including phenoxy) is 1. The van der Waals surface area contributed by atoms with Gasteiger partial charge in [0.1, 0.15) is 5.75 Å². The zero-order valence-electron chi connectivity index (χ0n) is 11.8. The average molecular weight is 304 g/mol. The van der Waals surface area contributed by atoms with E-state index in [0.29, 0.717) is 10.8 Å². The Bertz CT molecular complexity index is 383. The summed E-state index contributed by atoms with van der Waals surface area (Å²) in [5, 5.41) is 4.78. The highest BCUT2D eigenvalue weighted by Crippen LogP contribution is 2.31. The van der Waals surface area contributed by atoms with Gasteiger partial charge in [0.15, 0.2) is 0 Å². The van der Waals surface area contributed by atoms with Gasteiger partial charge < -0.3 is 10.1 Å². The molecule has 0 fully saturated rings. The highest BCUT2D eigenvalue weighted by molar-refractivity contribution is 6.34. The monoisotopic (exact) mass is 303 g/mol. The molecule has 19 heavy (non-hydrogen) atoms. The molecular weight excluding hydrogens is 281 g/mol. The van der Waals surface area contributed by atoms with Crippen LogP contribution in [0.2, 0.25) is 10.0 Å². The minimum atomic E-state index is 0.631. The highest BCUT2D eigenvalue weighted by atomic mass is 35.5. The van der Waals surface area contributed by atoms with Gasteiger partial charge in [-0.15, -0.1) is 0 Å². The summed E-state index contributed by atoms with van der Waals surface area (Å²) in [7, 11) is 1.60. The van der Waals surface area contributed by atoms with Crippen LogP contribution in [0, 0.1) is 0 Å². The summed E-state index contributed by atoms with van der Waals surface area (Å²) in [6.07, 6.45) is 5.71. The molecule has 0 heterocycles. The van der Waals surface area contributed by atoms with Crippen molar-refractivity contribution in [1.29, 1.82) is 0 Å². The zero-order valence-corrected chi connectivity index (χ0v) is 13.3. The molecule has 0 aliphatic heterocycles. The number of methoxy groups -OCH3 is 1. The molecule has 4 heteroatoms. The van der Waals surface area contributed by atoms with Crippen LogP contribution in [-0.4, -0.2) is 20.2 Å². The lowest BCUT2D eigenvalue weighted by atomic mass is 10.1. The maximum absolute atomic E-state index is 6.21. The Kier molecular flexibility index (Phi) is 8.27. The van der Waals surface area contributed by atoms with Crippen molar-refractivity contribution >= 4 is 23.2 Å². The van der Waals surface area contributed by atoms with Crippen molar-refractivity contribution in [2.45, 2.75) is 39.0 Å². The molecule has 1 aromatic carbocycles. The Morgan fingerprint density at radius 2 is 1.84 bits per heavy atom. The van der Waals surface area contributed by atoms with Crippen LogP contribution in [0.4, 0.5) is 0 Å². The number of nitrogens with one attached hydrogen (secondary N) is 1. The molecule has 0 spiro atoms. The predicted octanol–water partition coefficient (Wildman–Crippen LogP) is 4.71. The van der Waals surface area contributed by atoms with Crippen molar-refractivity contribution in [1.82, 2.24) is 5.32 Å². The first kappa shape index (κ1) is 16.6. The third kappa shape index (κ3) is 6.03. The summed E-state index contributed by atoms with van der Waals surface area (Å²) in [5.74, 6) is 0.638. The number of halogens is 2. The zero-order chi connectivity index (χ0) is 14.1. The molecule has 0 aromatic heterocycles. The van der Waals surface area contributed by atoms with Crippen molar-refractivity contribution in [2.24, 2.45) is 0 Å². The van der Waals surface area contributed by atoms with E-state index in [-0.39, 0.29) is 0 Å². The average Bonchev–Trinajstić information content (AvgIpc) is 2.41. The SMILES string of the molecule is CCCNCCCCCc1cc(Cl)c(OC)cc1Cl. The van der Waals surface area contributed by atoms with Gasteiger partial charge in [0.2, 0.25) is 0 Å². The summed E-state index contributed by atoms with van der Waals surface area (Å²) < 4.78 is 5.14. The van der Waals surface area contributed by atoms with Crippen molar-refractivity contribution in [3.05, 3.63) is 27.7 Å². The maximum atomic E-state index is 6.21. The molecule has 0 unspecified atom stereocenters. The normalized spacial score (nSPS) is 10.7. The Labute approximate surface area is 126 Å². The van der Waals surface area contributed by atoms with E-state index in [0.717, 1.165) is 36.5 Å². The first-order chi connectivity index (χ1) is 9.19. The first-order valence-corrected chi connectivity index (χ1v) is 7.67. The van der Waals surface area contributed by atoms with E-state index in [2.05, 4.69) is 12.2 Å². The summed E-state index contributed by atoms with van der Waals surface area (Å²) >= 11 is 12.3. The molecule has 108 valence electrons. The summed E-state index contributed by atoms with van der Waals surface area (Å²) in [6, 6.07) is 3.71. The van der Waals surface area contributed by atoms with Gasteiger partial charge in [-0.25, -0.2) is 0 Å².